The van der Waals surface area contributed by atoms with Gasteiger partial charge >= 0.3 is 0 Å². The van der Waals surface area contributed by atoms with Crippen LogP contribution >= 0.6 is 0 Å². The second-order valence-corrected chi connectivity index (χ2v) is 6.20. The number of carbonyl (C=O) groups excluding carboxylic acids is 1. The summed E-state index contributed by atoms with van der Waals surface area (Å²) in [5, 5.41) is 6.96. The maximum Gasteiger partial charge on any atom is 0.271 e. The molecule has 0 aliphatic carbocycles. The summed E-state index contributed by atoms with van der Waals surface area (Å²) in [7, 11) is 0. The Balaban J connectivity index is 1.58. The van der Waals surface area contributed by atoms with Gasteiger partial charge in [0, 0.05) is 12.6 Å². The molecule has 0 aliphatic rings. The summed E-state index contributed by atoms with van der Waals surface area (Å²) in [5.74, 6) is 1.11. The highest BCUT2D eigenvalue weighted by Gasteiger charge is 2.10. The molecule has 0 fully saturated rings. The molecule has 0 bridgehead atoms. The van der Waals surface area contributed by atoms with Gasteiger partial charge in [-0.1, -0.05) is 30.3 Å². The van der Waals surface area contributed by atoms with Gasteiger partial charge in [0.2, 0.25) is 0 Å². The fourth-order valence-corrected chi connectivity index (χ4v) is 2.68. The molecule has 1 N–H and O–H groups in total. The Kier molecular flexibility index (Phi) is 7.00. The van der Waals surface area contributed by atoms with Crippen LogP contribution in [0.4, 0.5) is 0 Å². The van der Waals surface area contributed by atoms with Crippen LogP contribution in [0, 0.1) is 0 Å². The number of nitrogens with zero attached hydrogens (tertiary/aromatic N) is 2. The molecule has 1 heterocycles. The number of para-hydroxylation sites is 1. The van der Waals surface area contributed by atoms with E-state index in [0.717, 1.165) is 11.3 Å². The first kappa shape index (κ1) is 20.1. The Bertz CT molecular complexity index is 1000. The zero-order valence-electron chi connectivity index (χ0n) is 16.2. The molecule has 0 unspecified atom stereocenters. The van der Waals surface area contributed by atoms with Crippen LogP contribution in [0.1, 0.15) is 23.0 Å². The monoisotopic (exact) mass is 393 g/mol. The minimum Gasteiger partial charge on any atom is -0.494 e. The average molecular weight is 393 g/mol. The maximum atomic E-state index is 12.4. The molecule has 0 saturated heterocycles. The van der Waals surface area contributed by atoms with E-state index in [1.165, 1.54) is 16.8 Å². The van der Waals surface area contributed by atoms with Crippen LogP contribution in [0.3, 0.4) is 0 Å². The Labute approximate surface area is 168 Å². The summed E-state index contributed by atoms with van der Waals surface area (Å²) in [4.78, 5) is 24.5. The predicted molar refractivity (Wildman–Crippen MR) is 109 cm³/mol. The van der Waals surface area contributed by atoms with Crippen LogP contribution in [0.2, 0.25) is 0 Å². The standard InChI is InChI=1S/C22H23N3O4/c1-2-28-19-10-6-7-17(15-19)16-23-22(27)20-11-12-21(26)25(24-20)13-14-29-18-8-4-3-5-9-18/h3-12,15H,2,13-14,16H2,1H3,(H,23,27). The lowest BCUT2D eigenvalue weighted by molar-refractivity contribution is 0.0942. The van der Waals surface area contributed by atoms with Crippen molar-refractivity contribution in [3.8, 4) is 11.5 Å². The number of carbonyl (C=O) groups is 1. The average Bonchev–Trinajstić information content (AvgIpc) is 2.75. The summed E-state index contributed by atoms with van der Waals surface area (Å²) >= 11 is 0. The van der Waals surface area contributed by atoms with Crippen molar-refractivity contribution in [1.82, 2.24) is 15.1 Å². The number of benzene rings is 2. The molecule has 150 valence electrons. The predicted octanol–water partition coefficient (Wildman–Crippen LogP) is 2.65. The topological polar surface area (TPSA) is 82.5 Å². The number of amides is 1. The third-order valence-electron chi connectivity index (χ3n) is 4.08. The van der Waals surface area contributed by atoms with Gasteiger partial charge in [0.15, 0.2) is 0 Å². The molecule has 29 heavy (non-hydrogen) atoms. The van der Waals surface area contributed by atoms with Crippen LogP contribution in [0.25, 0.3) is 0 Å². The van der Waals surface area contributed by atoms with Crippen LogP contribution in [-0.4, -0.2) is 28.9 Å². The largest absolute Gasteiger partial charge is 0.494 e. The van der Waals surface area contributed by atoms with Crippen molar-refractivity contribution in [3.63, 3.8) is 0 Å². The third-order valence-corrected chi connectivity index (χ3v) is 4.08. The molecule has 1 aromatic heterocycles. The molecular formula is C22H23N3O4. The number of nitrogens with one attached hydrogen (secondary N) is 1. The molecule has 3 aromatic rings. The first-order valence-corrected chi connectivity index (χ1v) is 9.41. The lowest BCUT2D eigenvalue weighted by Crippen LogP contribution is -2.30. The summed E-state index contributed by atoms with van der Waals surface area (Å²) < 4.78 is 12.3. The van der Waals surface area contributed by atoms with Crippen molar-refractivity contribution in [2.75, 3.05) is 13.2 Å². The quantitative estimate of drug-likeness (QED) is 0.604. The second-order valence-electron chi connectivity index (χ2n) is 6.20. The zero-order valence-corrected chi connectivity index (χ0v) is 16.2. The first-order chi connectivity index (χ1) is 14.2. The van der Waals surface area contributed by atoms with Gasteiger partial charge in [-0.2, -0.15) is 5.10 Å². The molecular weight excluding hydrogens is 370 g/mol. The zero-order chi connectivity index (χ0) is 20.5. The SMILES string of the molecule is CCOc1cccc(CNC(=O)c2ccc(=O)n(CCOc3ccccc3)n2)c1. The summed E-state index contributed by atoms with van der Waals surface area (Å²) in [5.41, 5.74) is 0.793. The molecule has 7 nitrogen and oxygen atoms in total. The second kappa shape index (κ2) is 10.1. The summed E-state index contributed by atoms with van der Waals surface area (Å²) in [6.07, 6.45) is 0. The maximum absolute atomic E-state index is 12.4. The third kappa shape index (κ3) is 5.93. The van der Waals surface area contributed by atoms with Crippen LogP contribution < -0.4 is 20.3 Å². The van der Waals surface area contributed by atoms with Gasteiger partial charge in [-0.3, -0.25) is 9.59 Å². The first-order valence-electron chi connectivity index (χ1n) is 9.41. The van der Waals surface area contributed by atoms with E-state index in [1.807, 2.05) is 61.5 Å². The van der Waals surface area contributed by atoms with Crippen molar-refractivity contribution in [2.24, 2.45) is 0 Å². The Morgan fingerprint density at radius 2 is 1.79 bits per heavy atom. The summed E-state index contributed by atoms with van der Waals surface area (Å²) in [6, 6.07) is 19.6. The van der Waals surface area contributed by atoms with Gasteiger partial charge in [0.25, 0.3) is 11.5 Å². The number of aromatic nitrogens is 2. The van der Waals surface area contributed by atoms with Gasteiger partial charge in [-0.25, -0.2) is 4.68 Å². The van der Waals surface area contributed by atoms with Crippen molar-refractivity contribution in [2.45, 2.75) is 20.0 Å². The van der Waals surface area contributed by atoms with Gasteiger partial charge in [-0.05, 0) is 42.8 Å². The van der Waals surface area contributed by atoms with Gasteiger partial charge in [0.05, 0.1) is 13.2 Å². The highest BCUT2D eigenvalue weighted by molar-refractivity contribution is 5.91. The van der Waals surface area contributed by atoms with Crippen LogP contribution in [0.15, 0.2) is 71.5 Å². The molecule has 0 radical (unpaired) electrons. The molecule has 7 heteroatoms. The Hall–Kier alpha value is -3.61. The van der Waals surface area contributed by atoms with Crippen LogP contribution in [0.5, 0.6) is 11.5 Å². The van der Waals surface area contributed by atoms with Gasteiger partial charge < -0.3 is 14.8 Å². The highest BCUT2D eigenvalue weighted by Crippen LogP contribution is 2.13. The van der Waals surface area contributed by atoms with Crippen molar-refractivity contribution >= 4 is 5.91 Å². The number of ether oxygens (including phenoxy) is 2. The van der Waals surface area contributed by atoms with Gasteiger partial charge in [-0.15, -0.1) is 0 Å². The van der Waals surface area contributed by atoms with E-state index in [0.29, 0.717) is 18.9 Å². The molecule has 1 amide bonds. The normalized spacial score (nSPS) is 10.4. The highest BCUT2D eigenvalue weighted by atomic mass is 16.5. The van der Waals surface area contributed by atoms with Crippen molar-refractivity contribution in [3.05, 3.63) is 88.3 Å². The number of rotatable bonds is 9. The molecule has 0 atom stereocenters. The fraction of sp³-hybridized carbons (Fsp3) is 0.227. The van der Waals surface area contributed by atoms with Crippen molar-refractivity contribution in [1.29, 1.82) is 0 Å². The van der Waals surface area contributed by atoms with Crippen molar-refractivity contribution < 1.29 is 14.3 Å². The number of hydrogen-bond acceptors (Lipinski definition) is 5. The molecule has 0 saturated carbocycles. The van der Waals surface area contributed by atoms with Crippen LogP contribution in [-0.2, 0) is 13.1 Å². The van der Waals surface area contributed by atoms with E-state index >= 15 is 0 Å². The Morgan fingerprint density at radius 3 is 2.59 bits per heavy atom. The van der Waals surface area contributed by atoms with E-state index in [9.17, 15) is 9.59 Å². The van der Waals surface area contributed by atoms with E-state index < -0.39 is 0 Å². The lowest BCUT2D eigenvalue weighted by Gasteiger charge is -2.10. The minimum atomic E-state index is -0.357. The number of hydrogen-bond donors (Lipinski definition) is 1. The fourth-order valence-electron chi connectivity index (χ4n) is 2.68. The summed E-state index contributed by atoms with van der Waals surface area (Å²) in [6.45, 7) is 3.34. The van der Waals surface area contributed by atoms with E-state index in [-0.39, 0.29) is 30.3 Å². The lowest BCUT2D eigenvalue weighted by atomic mass is 10.2. The molecule has 0 spiro atoms. The van der Waals surface area contributed by atoms with E-state index in [2.05, 4.69) is 10.4 Å². The van der Waals surface area contributed by atoms with E-state index in [1.54, 1.807) is 0 Å². The Morgan fingerprint density at radius 1 is 1.00 bits per heavy atom. The van der Waals surface area contributed by atoms with E-state index in [4.69, 9.17) is 9.47 Å². The molecule has 0 aliphatic heterocycles. The molecule has 3 rings (SSSR count). The molecule has 2 aromatic carbocycles. The smallest absolute Gasteiger partial charge is 0.271 e. The van der Waals surface area contributed by atoms with Gasteiger partial charge in [0.1, 0.15) is 23.8 Å². The minimum absolute atomic E-state index is 0.172.